The van der Waals surface area contributed by atoms with E-state index in [0.717, 1.165) is 50.1 Å². The van der Waals surface area contributed by atoms with Gasteiger partial charge in [0.25, 0.3) is 0 Å². The number of nitriles is 1. The molecule has 9 aromatic carbocycles. The average molecular weight is 741 g/mol. The Labute approximate surface area is 335 Å². The molecule has 1 aliphatic heterocycles. The van der Waals surface area contributed by atoms with E-state index in [1.54, 1.807) is 12.1 Å². The Morgan fingerprint density at radius 1 is 0.414 bits per heavy atom. The summed E-state index contributed by atoms with van der Waals surface area (Å²) in [4.78, 5) is 15.6. The van der Waals surface area contributed by atoms with Crippen LogP contribution in [0.15, 0.2) is 194 Å². The highest BCUT2D eigenvalue weighted by Crippen LogP contribution is 2.57. The van der Waals surface area contributed by atoms with Gasteiger partial charge in [0.15, 0.2) is 17.5 Å². The first-order valence-corrected chi connectivity index (χ1v) is 19.3. The normalized spacial score (nSPS) is 12.7. The number of ether oxygens (including phenoxy) is 1. The fourth-order valence-electron chi connectivity index (χ4n) is 8.90. The molecule has 0 fully saturated rings. The van der Waals surface area contributed by atoms with Crippen molar-refractivity contribution in [3.05, 3.63) is 222 Å². The third kappa shape index (κ3) is 5.13. The maximum atomic E-state index is 9.60. The molecule has 0 saturated heterocycles. The highest BCUT2D eigenvalue weighted by atomic mass is 16.5. The van der Waals surface area contributed by atoms with Gasteiger partial charge < -0.3 is 4.74 Å². The van der Waals surface area contributed by atoms with Crippen molar-refractivity contribution in [1.29, 1.82) is 5.26 Å². The van der Waals surface area contributed by atoms with Gasteiger partial charge in [0.2, 0.25) is 0 Å². The molecule has 270 valence electrons. The zero-order valence-corrected chi connectivity index (χ0v) is 31.2. The highest BCUT2D eigenvalue weighted by Gasteiger charge is 2.46. The molecule has 1 aromatic heterocycles. The van der Waals surface area contributed by atoms with Gasteiger partial charge in [-0.25, -0.2) is 15.0 Å². The van der Waals surface area contributed by atoms with Crippen LogP contribution in [0.1, 0.15) is 27.8 Å². The van der Waals surface area contributed by atoms with Crippen LogP contribution in [0.5, 0.6) is 11.5 Å². The molecule has 0 spiro atoms. The van der Waals surface area contributed by atoms with Crippen LogP contribution in [-0.4, -0.2) is 15.0 Å². The van der Waals surface area contributed by atoms with E-state index in [1.165, 1.54) is 26.9 Å². The van der Waals surface area contributed by atoms with Crippen molar-refractivity contribution in [2.45, 2.75) is 5.41 Å². The summed E-state index contributed by atoms with van der Waals surface area (Å²) < 4.78 is 6.99. The van der Waals surface area contributed by atoms with Crippen LogP contribution < -0.4 is 4.74 Å². The Hall–Kier alpha value is -7.94. The fourth-order valence-corrected chi connectivity index (χ4v) is 8.90. The number of benzene rings is 9. The predicted octanol–water partition coefficient (Wildman–Crippen LogP) is 12.7. The summed E-state index contributed by atoms with van der Waals surface area (Å²) in [5.41, 5.74) is 6.56. The molecule has 11 rings (SSSR count). The first-order chi connectivity index (χ1) is 28.7. The van der Waals surface area contributed by atoms with Crippen molar-refractivity contribution in [3.8, 4) is 51.7 Å². The second kappa shape index (κ2) is 13.4. The number of aromatic nitrogens is 3. The lowest BCUT2D eigenvalue weighted by atomic mass is 9.63. The van der Waals surface area contributed by atoms with E-state index in [1.807, 2.05) is 30.3 Å². The fraction of sp³-hybridized carbons (Fsp3) is 0.0189. The zero-order valence-electron chi connectivity index (χ0n) is 31.2. The number of para-hydroxylation sites is 2. The van der Waals surface area contributed by atoms with E-state index in [2.05, 4.69) is 158 Å². The topological polar surface area (TPSA) is 71.7 Å². The minimum absolute atomic E-state index is 0.485. The van der Waals surface area contributed by atoms with Gasteiger partial charge in [0.1, 0.15) is 11.5 Å². The molecule has 10 aromatic rings. The lowest BCUT2D eigenvalue weighted by Gasteiger charge is -2.42. The highest BCUT2D eigenvalue weighted by molar-refractivity contribution is 6.25. The second-order valence-electron chi connectivity index (χ2n) is 14.6. The number of nitrogens with zero attached hydrogens (tertiary/aromatic N) is 4. The van der Waals surface area contributed by atoms with Crippen LogP contribution in [0.3, 0.4) is 0 Å². The molecular formula is C53H32N4O. The minimum Gasteiger partial charge on any atom is -0.456 e. The molecule has 2 heterocycles. The van der Waals surface area contributed by atoms with Crippen molar-refractivity contribution in [2.75, 3.05) is 0 Å². The maximum absolute atomic E-state index is 9.60. The van der Waals surface area contributed by atoms with Gasteiger partial charge in [-0.1, -0.05) is 152 Å². The minimum atomic E-state index is -0.698. The summed E-state index contributed by atoms with van der Waals surface area (Å²) in [6.45, 7) is 0. The van der Waals surface area contributed by atoms with Crippen molar-refractivity contribution >= 4 is 32.3 Å². The van der Waals surface area contributed by atoms with Crippen molar-refractivity contribution in [3.63, 3.8) is 0 Å². The quantitative estimate of drug-likeness (QED) is 0.164. The number of hydrogen-bond acceptors (Lipinski definition) is 5. The molecule has 58 heavy (non-hydrogen) atoms. The summed E-state index contributed by atoms with van der Waals surface area (Å²) in [5.74, 6) is 2.98. The lowest BCUT2D eigenvalue weighted by Crippen LogP contribution is -2.34. The molecule has 0 unspecified atom stereocenters. The van der Waals surface area contributed by atoms with Gasteiger partial charge in [0.05, 0.1) is 22.6 Å². The standard InChI is InChI=1S/C53H32N4O/c54-33-34-26-28-35(29-27-34)50-55-51(36-30-31-43-41-20-8-7-18-39(41)40-19-9-10-21-42(40)45(43)32-36)57-52(56-50)44-22-13-24-47-49(44)58-48-25-12-11-23-46(48)53(47,37-14-3-1-4-15-37)38-16-5-2-6-17-38/h1-32H. The zero-order chi connectivity index (χ0) is 38.6. The maximum Gasteiger partial charge on any atom is 0.167 e. The molecule has 0 amide bonds. The lowest BCUT2D eigenvalue weighted by molar-refractivity contribution is 0.436. The van der Waals surface area contributed by atoms with E-state index in [9.17, 15) is 5.26 Å². The van der Waals surface area contributed by atoms with E-state index in [0.29, 0.717) is 28.8 Å². The summed E-state index contributed by atoms with van der Waals surface area (Å²) >= 11 is 0. The third-order valence-electron chi connectivity index (χ3n) is 11.5. The molecule has 1 aliphatic rings. The average Bonchev–Trinajstić information content (AvgIpc) is 3.31. The molecule has 0 saturated carbocycles. The Bertz CT molecular complexity index is 3190. The van der Waals surface area contributed by atoms with Gasteiger partial charge in [-0.3, -0.25) is 0 Å². The van der Waals surface area contributed by atoms with Crippen LogP contribution in [-0.2, 0) is 5.41 Å². The molecule has 0 aliphatic carbocycles. The van der Waals surface area contributed by atoms with Gasteiger partial charge in [0, 0.05) is 22.3 Å². The number of hydrogen-bond donors (Lipinski definition) is 0. The van der Waals surface area contributed by atoms with Gasteiger partial charge in [-0.2, -0.15) is 5.26 Å². The second-order valence-corrected chi connectivity index (χ2v) is 14.6. The van der Waals surface area contributed by atoms with E-state index >= 15 is 0 Å². The monoisotopic (exact) mass is 740 g/mol. The van der Waals surface area contributed by atoms with Crippen LogP contribution in [0.25, 0.3) is 66.5 Å². The number of fused-ring (bicyclic) bond motifs is 8. The van der Waals surface area contributed by atoms with Crippen LogP contribution in [0.4, 0.5) is 0 Å². The Kier molecular flexibility index (Phi) is 7.70. The SMILES string of the molecule is N#Cc1ccc(-c2nc(-c3ccc4c5ccccc5c5ccccc5c4c3)nc(-c3cccc4c3Oc3ccccc3C4(c3ccccc3)c3ccccc3)n2)cc1. The predicted molar refractivity (Wildman–Crippen MR) is 232 cm³/mol. The summed E-state index contributed by atoms with van der Waals surface area (Å²) in [6, 6.07) is 69.1. The Morgan fingerprint density at radius 2 is 0.914 bits per heavy atom. The summed E-state index contributed by atoms with van der Waals surface area (Å²) in [5, 5.41) is 16.7. The van der Waals surface area contributed by atoms with Crippen molar-refractivity contribution in [2.24, 2.45) is 0 Å². The summed E-state index contributed by atoms with van der Waals surface area (Å²) in [6.07, 6.45) is 0. The third-order valence-corrected chi connectivity index (χ3v) is 11.5. The molecule has 5 nitrogen and oxygen atoms in total. The summed E-state index contributed by atoms with van der Waals surface area (Å²) in [7, 11) is 0. The molecule has 5 heteroatoms. The van der Waals surface area contributed by atoms with Crippen LogP contribution in [0, 0.1) is 11.3 Å². The van der Waals surface area contributed by atoms with E-state index < -0.39 is 5.41 Å². The van der Waals surface area contributed by atoms with Crippen molar-refractivity contribution in [1.82, 2.24) is 15.0 Å². The Morgan fingerprint density at radius 3 is 1.55 bits per heavy atom. The molecule has 0 bridgehead atoms. The number of rotatable bonds is 5. The Balaban J connectivity index is 1.18. The first kappa shape index (κ1) is 33.4. The van der Waals surface area contributed by atoms with Crippen LogP contribution >= 0.6 is 0 Å². The van der Waals surface area contributed by atoms with E-state index in [-0.39, 0.29) is 0 Å². The van der Waals surface area contributed by atoms with E-state index in [4.69, 9.17) is 19.7 Å². The molecule has 0 N–H and O–H groups in total. The largest absolute Gasteiger partial charge is 0.456 e. The van der Waals surface area contributed by atoms with Crippen molar-refractivity contribution < 1.29 is 4.74 Å². The molecule has 0 radical (unpaired) electrons. The molecular weight excluding hydrogens is 709 g/mol. The first-order valence-electron chi connectivity index (χ1n) is 19.3. The van der Waals surface area contributed by atoms with Gasteiger partial charge in [-0.15, -0.1) is 0 Å². The van der Waals surface area contributed by atoms with Crippen LogP contribution in [0.2, 0.25) is 0 Å². The smallest absolute Gasteiger partial charge is 0.167 e. The van der Waals surface area contributed by atoms with Gasteiger partial charge in [-0.05, 0) is 85.9 Å². The van der Waals surface area contributed by atoms with Gasteiger partial charge >= 0.3 is 0 Å². The molecule has 0 atom stereocenters.